The molecule has 15 heavy (non-hydrogen) atoms. The molecular weight excluding hydrogens is 210 g/mol. The Labute approximate surface area is 93.8 Å². The number of thioether (sulfide) groups is 1. The summed E-state index contributed by atoms with van der Waals surface area (Å²) in [5, 5.41) is 9.22. The average molecular weight is 225 g/mol. The molecule has 1 amide bonds. The van der Waals surface area contributed by atoms with Crippen LogP contribution < -0.4 is 5.73 Å². The third-order valence-electron chi connectivity index (χ3n) is 3.03. The lowest BCUT2D eigenvalue weighted by Crippen LogP contribution is -2.52. The molecule has 2 fully saturated rings. The Morgan fingerprint density at radius 2 is 2.27 bits per heavy atom. The van der Waals surface area contributed by atoms with E-state index in [4.69, 9.17) is 11.0 Å². The van der Waals surface area contributed by atoms with Crippen LogP contribution in [0.1, 0.15) is 25.7 Å². The molecule has 0 aromatic rings. The van der Waals surface area contributed by atoms with Gasteiger partial charge in [0.25, 0.3) is 0 Å². The van der Waals surface area contributed by atoms with Crippen LogP contribution in [0, 0.1) is 11.3 Å². The topological polar surface area (TPSA) is 70.1 Å². The van der Waals surface area contributed by atoms with Crippen molar-refractivity contribution in [1.29, 1.82) is 5.26 Å². The fourth-order valence-electron chi connectivity index (χ4n) is 2.20. The number of hydrogen-bond donors (Lipinski definition) is 1. The van der Waals surface area contributed by atoms with Crippen LogP contribution in [-0.2, 0) is 4.79 Å². The molecule has 3 atom stereocenters. The molecule has 0 bridgehead atoms. The Hall–Kier alpha value is -0.730. The minimum Gasteiger partial charge on any atom is -0.320 e. The van der Waals surface area contributed by atoms with Gasteiger partial charge in [-0.1, -0.05) is 0 Å². The molecule has 0 aromatic carbocycles. The van der Waals surface area contributed by atoms with Gasteiger partial charge < -0.3 is 10.6 Å². The second kappa shape index (κ2) is 4.42. The van der Waals surface area contributed by atoms with Crippen LogP contribution in [0.5, 0.6) is 0 Å². The van der Waals surface area contributed by atoms with Crippen molar-refractivity contribution >= 4 is 17.7 Å². The van der Waals surface area contributed by atoms with E-state index >= 15 is 0 Å². The van der Waals surface area contributed by atoms with Gasteiger partial charge in [0.1, 0.15) is 6.04 Å². The van der Waals surface area contributed by atoms with Crippen molar-refractivity contribution in [2.75, 3.05) is 5.75 Å². The Morgan fingerprint density at radius 1 is 1.47 bits per heavy atom. The quantitative estimate of drug-likeness (QED) is 0.658. The summed E-state index contributed by atoms with van der Waals surface area (Å²) in [6, 6.07) is 1.56. The molecule has 2 aliphatic heterocycles. The molecule has 2 aliphatic rings. The van der Waals surface area contributed by atoms with Gasteiger partial charge in [0.2, 0.25) is 5.91 Å². The molecule has 2 rings (SSSR count). The normalized spacial score (nSPS) is 36.7. The number of nitrogens with two attached hydrogens (primary N) is 1. The molecule has 2 saturated heterocycles. The van der Waals surface area contributed by atoms with Crippen molar-refractivity contribution in [2.45, 2.75) is 43.1 Å². The summed E-state index contributed by atoms with van der Waals surface area (Å²) in [5.74, 6) is 0.892. The first-order valence-electron chi connectivity index (χ1n) is 5.33. The first-order chi connectivity index (χ1) is 7.24. The van der Waals surface area contributed by atoms with Crippen LogP contribution in [0.4, 0.5) is 0 Å². The lowest BCUT2D eigenvalue weighted by molar-refractivity contribution is -0.135. The predicted octanol–water partition coefficient (Wildman–Crippen LogP) is 0.681. The van der Waals surface area contributed by atoms with Crippen molar-refractivity contribution < 1.29 is 4.79 Å². The average Bonchev–Trinajstić information content (AvgIpc) is 2.40. The first-order valence-corrected chi connectivity index (χ1v) is 6.38. The zero-order chi connectivity index (χ0) is 10.8. The maximum absolute atomic E-state index is 12.0. The smallest absolute Gasteiger partial charge is 0.241 e. The van der Waals surface area contributed by atoms with E-state index in [1.54, 1.807) is 16.7 Å². The number of rotatable bonds is 0. The van der Waals surface area contributed by atoms with E-state index in [1.807, 2.05) is 0 Å². The molecule has 0 aliphatic carbocycles. The van der Waals surface area contributed by atoms with Crippen LogP contribution >= 0.6 is 11.8 Å². The van der Waals surface area contributed by atoms with E-state index in [-0.39, 0.29) is 17.3 Å². The van der Waals surface area contributed by atoms with E-state index in [0.717, 1.165) is 31.4 Å². The van der Waals surface area contributed by atoms with Crippen molar-refractivity contribution in [3.63, 3.8) is 0 Å². The SMILES string of the molecule is N#C[C@@H]1CCC[C@@H]2SCC[C@H](N)C(=O)N12. The predicted molar refractivity (Wildman–Crippen MR) is 58.9 cm³/mol. The molecule has 0 saturated carbocycles. The number of piperidine rings is 1. The number of nitrogens with zero attached hydrogens (tertiary/aromatic N) is 2. The summed E-state index contributed by atoms with van der Waals surface area (Å²) in [5.41, 5.74) is 5.79. The van der Waals surface area contributed by atoms with Gasteiger partial charge in [0.05, 0.1) is 17.5 Å². The fraction of sp³-hybridized carbons (Fsp3) is 0.800. The van der Waals surface area contributed by atoms with Gasteiger partial charge in [-0.25, -0.2) is 0 Å². The largest absolute Gasteiger partial charge is 0.320 e. The second-order valence-electron chi connectivity index (χ2n) is 4.04. The van der Waals surface area contributed by atoms with Gasteiger partial charge in [-0.15, -0.1) is 11.8 Å². The van der Waals surface area contributed by atoms with Gasteiger partial charge in [0.15, 0.2) is 0 Å². The monoisotopic (exact) mass is 225 g/mol. The number of carbonyl (C=O) groups excluding carboxylic acids is 1. The molecule has 0 radical (unpaired) electrons. The van der Waals surface area contributed by atoms with Crippen molar-refractivity contribution in [1.82, 2.24) is 4.90 Å². The lowest BCUT2D eigenvalue weighted by atomic mass is 10.0. The van der Waals surface area contributed by atoms with Crippen LogP contribution in [0.15, 0.2) is 0 Å². The molecule has 2 N–H and O–H groups in total. The minimum absolute atomic E-state index is 0.0312. The highest BCUT2D eigenvalue weighted by atomic mass is 32.2. The van der Waals surface area contributed by atoms with Gasteiger partial charge in [0, 0.05) is 0 Å². The fourth-order valence-corrected chi connectivity index (χ4v) is 3.60. The van der Waals surface area contributed by atoms with Crippen molar-refractivity contribution in [3.05, 3.63) is 0 Å². The number of hydrogen-bond acceptors (Lipinski definition) is 4. The van der Waals surface area contributed by atoms with E-state index in [0.29, 0.717) is 0 Å². The summed E-state index contributed by atoms with van der Waals surface area (Å²) in [6.07, 6.45) is 3.57. The Balaban J connectivity index is 2.23. The highest BCUT2D eigenvalue weighted by Crippen LogP contribution is 2.33. The van der Waals surface area contributed by atoms with Gasteiger partial charge in [-0.2, -0.15) is 5.26 Å². The molecule has 82 valence electrons. The highest BCUT2D eigenvalue weighted by molar-refractivity contribution is 7.99. The summed E-state index contributed by atoms with van der Waals surface area (Å²) in [4.78, 5) is 13.7. The van der Waals surface area contributed by atoms with Crippen LogP contribution in [0.3, 0.4) is 0 Å². The number of nitriles is 1. The molecule has 4 nitrogen and oxygen atoms in total. The lowest BCUT2D eigenvalue weighted by Gasteiger charge is -2.38. The third-order valence-corrected chi connectivity index (χ3v) is 4.35. The standard InChI is InChI=1S/C10H15N3OS/c11-6-7-2-1-3-9-13(7)10(14)8(12)4-5-15-9/h7-9H,1-5,12H2/t7-,8-,9-/m0/s1. The van der Waals surface area contributed by atoms with E-state index in [1.165, 1.54) is 0 Å². The van der Waals surface area contributed by atoms with Crippen molar-refractivity contribution in [3.8, 4) is 6.07 Å². The summed E-state index contributed by atoms with van der Waals surface area (Å²) in [6.45, 7) is 0. The molecule has 2 heterocycles. The molecule has 0 unspecified atom stereocenters. The second-order valence-corrected chi connectivity index (χ2v) is 5.33. The highest BCUT2D eigenvalue weighted by Gasteiger charge is 2.38. The van der Waals surface area contributed by atoms with Gasteiger partial charge in [-0.3, -0.25) is 4.79 Å². The maximum Gasteiger partial charge on any atom is 0.241 e. The van der Waals surface area contributed by atoms with Crippen molar-refractivity contribution in [2.24, 2.45) is 5.73 Å². The summed E-state index contributed by atoms with van der Waals surface area (Å²) < 4.78 is 0. The van der Waals surface area contributed by atoms with Gasteiger partial charge in [-0.05, 0) is 31.4 Å². The van der Waals surface area contributed by atoms with E-state index < -0.39 is 6.04 Å². The zero-order valence-electron chi connectivity index (χ0n) is 8.56. The third kappa shape index (κ3) is 1.97. The molecule has 5 heteroatoms. The first kappa shape index (κ1) is 10.8. The molecule has 0 spiro atoms. The summed E-state index contributed by atoms with van der Waals surface area (Å²) in [7, 11) is 0. The zero-order valence-corrected chi connectivity index (χ0v) is 9.37. The Morgan fingerprint density at radius 3 is 3.00 bits per heavy atom. The van der Waals surface area contributed by atoms with E-state index in [9.17, 15) is 4.79 Å². The number of carbonyl (C=O) groups is 1. The van der Waals surface area contributed by atoms with Crippen LogP contribution in [0.2, 0.25) is 0 Å². The van der Waals surface area contributed by atoms with Crippen LogP contribution in [0.25, 0.3) is 0 Å². The summed E-state index contributed by atoms with van der Waals surface area (Å²) >= 11 is 1.77. The Bertz CT molecular complexity index is 302. The molecular formula is C10H15N3OS. The van der Waals surface area contributed by atoms with Crippen LogP contribution in [-0.4, -0.2) is 34.0 Å². The van der Waals surface area contributed by atoms with E-state index in [2.05, 4.69) is 6.07 Å². The maximum atomic E-state index is 12.0. The minimum atomic E-state index is -0.406. The molecule has 0 aromatic heterocycles. The Kier molecular flexibility index (Phi) is 3.17. The number of fused-ring (bicyclic) bond motifs is 1. The number of amides is 1. The van der Waals surface area contributed by atoms with Gasteiger partial charge >= 0.3 is 0 Å².